The number of hydrogen-bond donors (Lipinski definition) is 2. The molecule has 0 radical (unpaired) electrons. The van der Waals surface area contributed by atoms with E-state index >= 15 is 0 Å². The van der Waals surface area contributed by atoms with Gasteiger partial charge in [0.05, 0.1) is 24.0 Å². The summed E-state index contributed by atoms with van der Waals surface area (Å²) in [7, 11) is -1.80. The summed E-state index contributed by atoms with van der Waals surface area (Å²) in [5, 5.41) is 9.96. The summed E-state index contributed by atoms with van der Waals surface area (Å²) in [6, 6.07) is 30.4. The predicted octanol–water partition coefficient (Wildman–Crippen LogP) is 5.56. The number of nitrogens with zero attached hydrogens (tertiary/aromatic N) is 2. The number of hydrogen-bond acceptors (Lipinski definition) is 7. The molecule has 0 aliphatic carbocycles. The third-order valence-corrected chi connectivity index (χ3v) is 9.47. The van der Waals surface area contributed by atoms with Gasteiger partial charge in [0, 0.05) is 36.8 Å². The van der Waals surface area contributed by atoms with Gasteiger partial charge in [-0.05, 0) is 74.1 Å². The van der Waals surface area contributed by atoms with Crippen LogP contribution < -0.4 is 14.2 Å². The predicted molar refractivity (Wildman–Crippen MR) is 179 cm³/mol. The zero-order valence-electron chi connectivity index (χ0n) is 26.4. The number of benzene rings is 4. The summed E-state index contributed by atoms with van der Waals surface area (Å²) in [6.07, 6.45) is -0.289. The molecule has 0 bridgehead atoms. The van der Waals surface area contributed by atoms with E-state index < -0.39 is 10.0 Å². The number of amides is 1. The fourth-order valence-electron chi connectivity index (χ4n) is 5.50. The van der Waals surface area contributed by atoms with Crippen LogP contribution in [0.5, 0.6) is 17.2 Å². The van der Waals surface area contributed by atoms with Gasteiger partial charge in [-0.3, -0.25) is 14.4 Å². The van der Waals surface area contributed by atoms with Crippen LogP contribution in [0.2, 0.25) is 0 Å². The SMILES string of the molecule is C[C@H](CO)N1C[C@H](C)[C@@H](CN(C)Cc2ccc(Oc3ccccc3)cc2)Oc2ccc(NS(=O)(=O)c3ccccc3)cc2CC1=O. The van der Waals surface area contributed by atoms with E-state index in [0.717, 1.165) is 17.1 Å². The quantitative estimate of drug-likeness (QED) is 0.220. The van der Waals surface area contributed by atoms with Crippen molar-refractivity contribution in [3.63, 3.8) is 0 Å². The molecule has 4 aromatic rings. The number of rotatable bonds is 11. The van der Waals surface area contributed by atoms with Crippen molar-refractivity contribution in [2.75, 3.05) is 31.5 Å². The van der Waals surface area contributed by atoms with E-state index in [1.807, 2.05) is 75.5 Å². The molecule has 0 saturated carbocycles. The molecular formula is C36H41N3O6S. The largest absolute Gasteiger partial charge is 0.488 e. The number of nitrogens with one attached hydrogen (secondary N) is 1. The van der Waals surface area contributed by atoms with Crippen molar-refractivity contribution in [1.29, 1.82) is 0 Å². The van der Waals surface area contributed by atoms with E-state index in [-0.39, 0.29) is 41.9 Å². The zero-order chi connectivity index (χ0) is 32.7. The number of fused-ring (bicyclic) bond motifs is 1. The van der Waals surface area contributed by atoms with E-state index in [1.54, 1.807) is 41.3 Å². The van der Waals surface area contributed by atoms with Crippen molar-refractivity contribution >= 4 is 21.6 Å². The van der Waals surface area contributed by atoms with Crippen LogP contribution in [-0.4, -0.2) is 68.1 Å². The van der Waals surface area contributed by atoms with Gasteiger partial charge >= 0.3 is 0 Å². The van der Waals surface area contributed by atoms with Gasteiger partial charge in [-0.25, -0.2) is 8.42 Å². The molecule has 4 aromatic carbocycles. The van der Waals surface area contributed by atoms with Crippen molar-refractivity contribution in [2.45, 2.75) is 43.9 Å². The first-order valence-electron chi connectivity index (χ1n) is 15.4. The van der Waals surface area contributed by atoms with Crippen molar-refractivity contribution in [3.8, 4) is 17.2 Å². The molecule has 46 heavy (non-hydrogen) atoms. The highest BCUT2D eigenvalue weighted by molar-refractivity contribution is 7.92. The Balaban J connectivity index is 1.34. The third kappa shape index (κ3) is 8.45. The van der Waals surface area contributed by atoms with E-state index in [0.29, 0.717) is 36.6 Å². The number of ether oxygens (including phenoxy) is 2. The fourth-order valence-corrected chi connectivity index (χ4v) is 6.57. The molecule has 0 fully saturated rings. The zero-order valence-corrected chi connectivity index (χ0v) is 27.2. The van der Waals surface area contributed by atoms with E-state index in [2.05, 4.69) is 9.62 Å². The molecule has 242 valence electrons. The Kier molecular flexibility index (Phi) is 10.6. The third-order valence-electron chi connectivity index (χ3n) is 8.07. The first-order chi connectivity index (χ1) is 22.1. The molecule has 9 nitrogen and oxygen atoms in total. The Bertz CT molecular complexity index is 1700. The van der Waals surface area contributed by atoms with Crippen LogP contribution in [0.4, 0.5) is 5.69 Å². The van der Waals surface area contributed by atoms with Crippen LogP contribution in [0.25, 0.3) is 0 Å². The number of carbonyl (C=O) groups is 1. The van der Waals surface area contributed by atoms with Crippen molar-refractivity contribution in [2.24, 2.45) is 5.92 Å². The van der Waals surface area contributed by atoms with E-state index in [9.17, 15) is 18.3 Å². The summed E-state index contributed by atoms with van der Waals surface area (Å²) >= 11 is 0. The monoisotopic (exact) mass is 643 g/mol. The average molecular weight is 644 g/mol. The maximum absolute atomic E-state index is 13.6. The Morgan fingerprint density at radius 2 is 1.63 bits per heavy atom. The van der Waals surface area contributed by atoms with Gasteiger partial charge in [0.1, 0.15) is 23.4 Å². The standard InChI is InChI=1S/C36H41N3O6S/c1-26-22-39(27(2)25-40)36(41)21-29-20-30(37-46(42,43)33-12-8-5-9-13-33)16-19-34(29)45-35(26)24-38(3)23-28-14-17-32(18-15-28)44-31-10-6-4-7-11-31/h4-20,26-27,35,37,40H,21-25H2,1-3H3/t26-,27+,35+/m0/s1. The molecule has 0 saturated heterocycles. The van der Waals surface area contributed by atoms with Crippen molar-refractivity contribution in [1.82, 2.24) is 9.80 Å². The Morgan fingerprint density at radius 3 is 2.30 bits per heavy atom. The van der Waals surface area contributed by atoms with Crippen molar-refractivity contribution < 1.29 is 27.8 Å². The summed E-state index contributed by atoms with van der Waals surface area (Å²) in [4.78, 5) is 17.6. The van der Waals surface area contributed by atoms with Crippen LogP contribution in [0.15, 0.2) is 108 Å². The number of para-hydroxylation sites is 1. The smallest absolute Gasteiger partial charge is 0.261 e. The highest BCUT2D eigenvalue weighted by Gasteiger charge is 2.31. The number of anilines is 1. The summed E-state index contributed by atoms with van der Waals surface area (Å²) in [5.74, 6) is 1.85. The molecular weight excluding hydrogens is 602 g/mol. The average Bonchev–Trinajstić information content (AvgIpc) is 3.09. The van der Waals surface area contributed by atoms with Crippen LogP contribution in [-0.2, 0) is 27.8 Å². The second-order valence-electron chi connectivity index (χ2n) is 11.9. The molecule has 5 rings (SSSR count). The molecule has 1 aliphatic heterocycles. The van der Waals surface area contributed by atoms with Crippen molar-refractivity contribution in [3.05, 3.63) is 114 Å². The van der Waals surface area contributed by atoms with Crippen LogP contribution in [0.3, 0.4) is 0 Å². The molecule has 0 spiro atoms. The van der Waals surface area contributed by atoms with Crippen LogP contribution >= 0.6 is 0 Å². The maximum Gasteiger partial charge on any atom is 0.261 e. The van der Waals surface area contributed by atoms with Gasteiger partial charge in [0.15, 0.2) is 0 Å². The molecule has 0 aromatic heterocycles. The molecule has 3 atom stereocenters. The first-order valence-corrected chi connectivity index (χ1v) is 16.9. The number of carbonyl (C=O) groups excluding carboxylic acids is 1. The van der Waals surface area contributed by atoms with Gasteiger partial charge in [-0.2, -0.15) is 0 Å². The van der Waals surface area contributed by atoms with Gasteiger partial charge in [-0.15, -0.1) is 0 Å². The fraction of sp³-hybridized carbons (Fsp3) is 0.306. The molecule has 1 heterocycles. The van der Waals surface area contributed by atoms with Crippen LogP contribution in [0.1, 0.15) is 25.0 Å². The summed E-state index contributed by atoms with van der Waals surface area (Å²) in [6.45, 7) is 5.35. The minimum atomic E-state index is -3.82. The highest BCUT2D eigenvalue weighted by atomic mass is 32.2. The molecule has 10 heteroatoms. The Labute approximate surface area is 271 Å². The molecule has 1 aliphatic rings. The highest BCUT2D eigenvalue weighted by Crippen LogP contribution is 2.30. The van der Waals surface area contributed by atoms with Gasteiger partial charge < -0.3 is 19.5 Å². The topological polar surface area (TPSA) is 108 Å². The lowest BCUT2D eigenvalue weighted by molar-refractivity contribution is -0.134. The summed E-state index contributed by atoms with van der Waals surface area (Å²) in [5.41, 5.74) is 2.02. The summed E-state index contributed by atoms with van der Waals surface area (Å²) < 4.78 is 41.2. The first kappa shape index (κ1) is 33.0. The maximum atomic E-state index is 13.6. The lowest BCUT2D eigenvalue weighted by Crippen LogP contribution is -2.47. The van der Waals surface area contributed by atoms with E-state index in [1.165, 1.54) is 12.1 Å². The minimum absolute atomic E-state index is 0.00720. The molecule has 2 N–H and O–H groups in total. The van der Waals surface area contributed by atoms with Crippen LogP contribution in [0, 0.1) is 5.92 Å². The van der Waals surface area contributed by atoms with Gasteiger partial charge in [-0.1, -0.05) is 55.5 Å². The minimum Gasteiger partial charge on any atom is -0.488 e. The normalized spacial score (nSPS) is 17.7. The Morgan fingerprint density at radius 1 is 0.978 bits per heavy atom. The lowest BCUT2D eigenvalue weighted by Gasteiger charge is -2.34. The Hall–Kier alpha value is -4.38. The second-order valence-corrected chi connectivity index (χ2v) is 13.6. The number of likely N-dealkylation sites (N-methyl/N-ethyl adjacent to an activating group) is 1. The molecule has 0 unspecified atom stereocenters. The number of aliphatic hydroxyl groups excluding tert-OH is 1. The number of aliphatic hydroxyl groups is 1. The lowest BCUT2D eigenvalue weighted by atomic mass is 10.0. The van der Waals surface area contributed by atoms with E-state index in [4.69, 9.17) is 9.47 Å². The van der Waals surface area contributed by atoms with Gasteiger partial charge in [0.2, 0.25) is 5.91 Å². The number of sulfonamides is 1. The molecule has 1 amide bonds. The second kappa shape index (κ2) is 14.8. The van der Waals surface area contributed by atoms with Gasteiger partial charge in [0.25, 0.3) is 10.0 Å².